The first-order valence-electron chi connectivity index (χ1n) is 9.96. The fourth-order valence-electron chi connectivity index (χ4n) is 3.88. The highest BCUT2D eigenvalue weighted by Gasteiger charge is 2.22. The van der Waals surface area contributed by atoms with Gasteiger partial charge in [0, 0.05) is 35.8 Å². The zero-order valence-electron chi connectivity index (χ0n) is 16.5. The van der Waals surface area contributed by atoms with Gasteiger partial charge in [0.05, 0.1) is 10.3 Å². The van der Waals surface area contributed by atoms with E-state index in [1.54, 1.807) is 22.1 Å². The van der Waals surface area contributed by atoms with Crippen LogP contribution in [0, 0.1) is 6.92 Å². The SMILES string of the molecule is Cc1c(C(=O)Nc2ccc(-c3nccs3)cc2)sc2nc3n(c(=O)c12)CCCCC3. The van der Waals surface area contributed by atoms with Crippen LogP contribution < -0.4 is 10.9 Å². The number of amides is 1. The van der Waals surface area contributed by atoms with E-state index in [0.29, 0.717) is 32.9 Å². The van der Waals surface area contributed by atoms with Gasteiger partial charge in [-0.2, -0.15) is 0 Å². The maximum atomic E-state index is 13.1. The maximum Gasteiger partial charge on any atom is 0.266 e. The second kappa shape index (κ2) is 7.77. The number of carbonyl (C=O) groups is 1. The van der Waals surface area contributed by atoms with Crippen molar-refractivity contribution in [2.75, 3.05) is 5.32 Å². The van der Waals surface area contributed by atoms with Crippen molar-refractivity contribution < 1.29 is 4.79 Å². The highest BCUT2D eigenvalue weighted by atomic mass is 32.1. The van der Waals surface area contributed by atoms with Gasteiger partial charge in [-0.05, 0) is 49.6 Å². The minimum absolute atomic E-state index is 0.0162. The van der Waals surface area contributed by atoms with Crippen LogP contribution in [-0.4, -0.2) is 20.4 Å². The Morgan fingerprint density at radius 1 is 1.17 bits per heavy atom. The molecule has 0 atom stereocenters. The Hall–Kier alpha value is -2.84. The van der Waals surface area contributed by atoms with E-state index in [0.717, 1.165) is 42.1 Å². The quantitative estimate of drug-likeness (QED) is 0.497. The summed E-state index contributed by atoms with van der Waals surface area (Å²) in [6.45, 7) is 2.55. The molecular formula is C22H20N4O2S2. The molecule has 152 valence electrons. The number of rotatable bonds is 3. The zero-order valence-corrected chi connectivity index (χ0v) is 18.1. The topological polar surface area (TPSA) is 76.9 Å². The standard InChI is InChI=1S/C22H20N4O2S2/c1-13-17-21(25-16-5-3-2-4-11-26(16)22(17)28)30-18(13)19(27)24-15-8-6-14(7-9-15)20-23-10-12-29-20/h6-10,12H,2-5,11H2,1H3,(H,24,27). The molecule has 0 fully saturated rings. The summed E-state index contributed by atoms with van der Waals surface area (Å²) < 4.78 is 1.80. The van der Waals surface area contributed by atoms with Crippen molar-refractivity contribution in [3.63, 3.8) is 0 Å². The smallest absolute Gasteiger partial charge is 0.266 e. The normalized spacial score (nSPS) is 13.8. The Balaban J connectivity index is 1.46. The fraction of sp³-hybridized carbons (Fsp3) is 0.273. The second-order valence-corrected chi connectivity index (χ2v) is 9.29. The molecule has 0 bridgehead atoms. The third-order valence-electron chi connectivity index (χ3n) is 5.44. The van der Waals surface area contributed by atoms with Gasteiger partial charge in [0.2, 0.25) is 0 Å². The molecule has 0 spiro atoms. The van der Waals surface area contributed by atoms with Gasteiger partial charge in [-0.15, -0.1) is 22.7 Å². The molecule has 0 aliphatic carbocycles. The molecule has 3 aromatic heterocycles. The lowest BCUT2D eigenvalue weighted by atomic mass is 10.2. The Morgan fingerprint density at radius 3 is 2.77 bits per heavy atom. The van der Waals surface area contributed by atoms with Gasteiger partial charge >= 0.3 is 0 Å². The van der Waals surface area contributed by atoms with Crippen molar-refractivity contribution in [1.82, 2.24) is 14.5 Å². The highest BCUT2D eigenvalue weighted by Crippen LogP contribution is 2.29. The van der Waals surface area contributed by atoms with Gasteiger partial charge < -0.3 is 5.32 Å². The molecule has 5 rings (SSSR count). The van der Waals surface area contributed by atoms with E-state index in [1.165, 1.54) is 11.3 Å². The largest absolute Gasteiger partial charge is 0.321 e. The summed E-state index contributed by atoms with van der Waals surface area (Å²) in [6.07, 6.45) is 5.75. The van der Waals surface area contributed by atoms with E-state index in [4.69, 9.17) is 4.98 Å². The number of carbonyl (C=O) groups excluding carboxylic acids is 1. The van der Waals surface area contributed by atoms with Gasteiger partial charge in [-0.25, -0.2) is 9.97 Å². The average Bonchev–Trinajstić information content (AvgIpc) is 3.32. The number of nitrogens with zero attached hydrogens (tertiary/aromatic N) is 3. The Labute approximate surface area is 181 Å². The van der Waals surface area contributed by atoms with Crippen LogP contribution in [0.2, 0.25) is 0 Å². The van der Waals surface area contributed by atoms with Crippen LogP contribution in [0.3, 0.4) is 0 Å². The minimum atomic E-state index is -0.211. The van der Waals surface area contributed by atoms with Crippen LogP contribution in [0.1, 0.15) is 40.3 Å². The molecule has 0 saturated carbocycles. The van der Waals surface area contributed by atoms with Gasteiger partial charge in [0.25, 0.3) is 11.5 Å². The van der Waals surface area contributed by atoms with Crippen LogP contribution in [0.15, 0.2) is 40.6 Å². The van der Waals surface area contributed by atoms with E-state index >= 15 is 0 Å². The summed E-state index contributed by atoms with van der Waals surface area (Å²) in [5, 5.41) is 6.41. The lowest BCUT2D eigenvalue weighted by Crippen LogP contribution is -2.24. The lowest BCUT2D eigenvalue weighted by molar-refractivity contribution is 0.103. The van der Waals surface area contributed by atoms with Crippen LogP contribution in [0.4, 0.5) is 5.69 Å². The minimum Gasteiger partial charge on any atom is -0.321 e. The molecule has 0 unspecified atom stereocenters. The van der Waals surface area contributed by atoms with Gasteiger partial charge in [0.15, 0.2) is 0 Å². The molecule has 0 radical (unpaired) electrons. The van der Waals surface area contributed by atoms with Gasteiger partial charge in [-0.1, -0.05) is 6.42 Å². The zero-order chi connectivity index (χ0) is 20.7. The predicted molar refractivity (Wildman–Crippen MR) is 122 cm³/mol. The summed E-state index contributed by atoms with van der Waals surface area (Å²) >= 11 is 2.88. The molecular weight excluding hydrogens is 416 g/mol. The van der Waals surface area contributed by atoms with E-state index in [-0.39, 0.29) is 11.5 Å². The third-order valence-corrected chi connectivity index (χ3v) is 7.45. The number of aryl methyl sites for hydroxylation is 2. The fourth-order valence-corrected chi connectivity index (χ4v) is 5.61. The number of thiazole rings is 1. The first-order chi connectivity index (χ1) is 14.6. The monoisotopic (exact) mass is 436 g/mol. The second-order valence-electron chi connectivity index (χ2n) is 7.40. The van der Waals surface area contributed by atoms with Crippen molar-refractivity contribution in [1.29, 1.82) is 0 Å². The number of fused-ring (bicyclic) bond motifs is 2. The molecule has 0 saturated heterocycles. The Morgan fingerprint density at radius 2 is 2.00 bits per heavy atom. The van der Waals surface area contributed by atoms with Crippen LogP contribution in [-0.2, 0) is 13.0 Å². The van der Waals surface area contributed by atoms with Crippen molar-refractivity contribution in [3.05, 3.63) is 62.5 Å². The van der Waals surface area contributed by atoms with Crippen LogP contribution in [0.5, 0.6) is 0 Å². The predicted octanol–water partition coefficient (Wildman–Crippen LogP) is 4.87. The summed E-state index contributed by atoms with van der Waals surface area (Å²) in [5.41, 5.74) is 2.42. The average molecular weight is 437 g/mol. The Kier molecular flexibility index (Phi) is 4.96. The summed E-state index contributed by atoms with van der Waals surface area (Å²) in [7, 11) is 0. The Bertz CT molecular complexity index is 1290. The highest BCUT2D eigenvalue weighted by molar-refractivity contribution is 7.20. The van der Waals surface area contributed by atoms with E-state index in [2.05, 4.69) is 10.3 Å². The molecule has 4 aromatic rings. The number of anilines is 1. The summed E-state index contributed by atoms with van der Waals surface area (Å²) in [6, 6.07) is 7.62. The van der Waals surface area contributed by atoms with Crippen molar-refractivity contribution in [3.8, 4) is 10.6 Å². The number of hydrogen-bond donors (Lipinski definition) is 1. The number of thiophene rings is 1. The number of nitrogens with one attached hydrogen (secondary N) is 1. The first kappa shape index (κ1) is 19.1. The molecule has 6 nitrogen and oxygen atoms in total. The van der Waals surface area contributed by atoms with Crippen LogP contribution in [0.25, 0.3) is 20.8 Å². The van der Waals surface area contributed by atoms with Gasteiger partial charge in [0.1, 0.15) is 15.7 Å². The van der Waals surface area contributed by atoms with E-state index in [1.807, 2.05) is 36.6 Å². The summed E-state index contributed by atoms with van der Waals surface area (Å²) in [4.78, 5) is 36.3. The number of hydrogen-bond acceptors (Lipinski definition) is 6. The third kappa shape index (κ3) is 3.36. The number of benzene rings is 1. The molecule has 1 amide bonds. The molecule has 4 heterocycles. The van der Waals surface area contributed by atoms with Crippen molar-refractivity contribution in [2.24, 2.45) is 0 Å². The number of aromatic nitrogens is 3. The van der Waals surface area contributed by atoms with Crippen LogP contribution >= 0.6 is 22.7 Å². The lowest BCUT2D eigenvalue weighted by Gasteiger charge is -2.08. The first-order valence-corrected chi connectivity index (χ1v) is 11.7. The van der Waals surface area contributed by atoms with Crippen molar-refractivity contribution >= 4 is 44.5 Å². The van der Waals surface area contributed by atoms with E-state index < -0.39 is 0 Å². The van der Waals surface area contributed by atoms with E-state index in [9.17, 15) is 9.59 Å². The molecule has 1 N–H and O–H groups in total. The van der Waals surface area contributed by atoms with Gasteiger partial charge in [-0.3, -0.25) is 14.2 Å². The maximum absolute atomic E-state index is 13.1. The van der Waals surface area contributed by atoms with Crippen molar-refractivity contribution in [2.45, 2.75) is 39.2 Å². The molecule has 1 aliphatic heterocycles. The summed E-state index contributed by atoms with van der Waals surface area (Å²) in [5.74, 6) is 0.632. The molecule has 30 heavy (non-hydrogen) atoms. The molecule has 8 heteroatoms. The molecule has 1 aliphatic rings. The molecule has 1 aromatic carbocycles.